The van der Waals surface area contributed by atoms with E-state index in [0.29, 0.717) is 22.7 Å². The molecule has 3 aromatic rings. The molecule has 0 aliphatic heterocycles. The molecule has 2 amide bonds. The maximum Gasteiger partial charge on any atom is 0.327 e. The Hall–Kier alpha value is -2.96. The summed E-state index contributed by atoms with van der Waals surface area (Å²) in [5.41, 5.74) is 2.08. The zero-order valence-electron chi connectivity index (χ0n) is 10.7. The van der Waals surface area contributed by atoms with E-state index >= 15 is 0 Å². The number of fused-ring (bicyclic) bond motifs is 1. The molecule has 0 atom stereocenters. The van der Waals surface area contributed by atoms with Crippen LogP contribution in [0.5, 0.6) is 0 Å². The normalized spacial score (nSPS) is 10.4. The number of hydrogen-bond donors (Lipinski definition) is 2. The largest absolute Gasteiger partial charge is 0.345 e. The standard InChI is InChI=1S/C13H12N6O/c1-19(9-3-2-5-14-7-9)13(20)18-11-8-16-12-10(17-11)4-6-15-12/h2-8H,1H3,(H,15,16)(H,17,18,20). The highest BCUT2D eigenvalue weighted by molar-refractivity contribution is 6.00. The van der Waals surface area contributed by atoms with E-state index in [-0.39, 0.29) is 6.03 Å². The van der Waals surface area contributed by atoms with Gasteiger partial charge >= 0.3 is 6.03 Å². The number of carbonyl (C=O) groups is 1. The van der Waals surface area contributed by atoms with Gasteiger partial charge in [-0.3, -0.25) is 15.2 Å². The molecule has 0 aliphatic rings. The number of amides is 2. The summed E-state index contributed by atoms with van der Waals surface area (Å²) in [7, 11) is 1.66. The van der Waals surface area contributed by atoms with Gasteiger partial charge in [0.1, 0.15) is 5.52 Å². The number of rotatable bonds is 2. The molecule has 100 valence electrons. The Morgan fingerprint density at radius 3 is 3.05 bits per heavy atom. The summed E-state index contributed by atoms with van der Waals surface area (Å²) in [5.74, 6) is 0.401. The molecule has 3 heterocycles. The molecule has 0 saturated carbocycles. The number of urea groups is 1. The molecule has 7 nitrogen and oxygen atoms in total. The van der Waals surface area contributed by atoms with Gasteiger partial charge in [-0.1, -0.05) is 0 Å². The van der Waals surface area contributed by atoms with Crippen molar-refractivity contribution in [2.45, 2.75) is 0 Å². The summed E-state index contributed by atoms with van der Waals surface area (Å²) < 4.78 is 0. The van der Waals surface area contributed by atoms with Crippen LogP contribution in [0, 0.1) is 0 Å². The van der Waals surface area contributed by atoms with E-state index in [0.717, 1.165) is 0 Å². The number of H-pyrrole nitrogens is 1. The Bertz CT molecular complexity index is 739. The molecule has 0 aliphatic carbocycles. The molecule has 7 heteroatoms. The molecule has 2 N–H and O–H groups in total. The minimum Gasteiger partial charge on any atom is -0.345 e. The van der Waals surface area contributed by atoms with Gasteiger partial charge in [0.15, 0.2) is 11.5 Å². The Labute approximate surface area is 114 Å². The SMILES string of the molecule is CN(C(=O)Nc1cnc2[nH]ccc2n1)c1cccnc1. The van der Waals surface area contributed by atoms with E-state index in [9.17, 15) is 4.79 Å². The van der Waals surface area contributed by atoms with E-state index in [4.69, 9.17) is 0 Å². The second kappa shape index (κ2) is 4.96. The van der Waals surface area contributed by atoms with Crippen molar-refractivity contribution in [1.29, 1.82) is 0 Å². The van der Waals surface area contributed by atoms with E-state index in [1.54, 1.807) is 43.8 Å². The maximum absolute atomic E-state index is 12.1. The summed E-state index contributed by atoms with van der Waals surface area (Å²) in [4.78, 5) is 28.9. The summed E-state index contributed by atoms with van der Waals surface area (Å²) in [5, 5.41) is 2.69. The van der Waals surface area contributed by atoms with Crippen LogP contribution in [0.2, 0.25) is 0 Å². The molecule has 0 saturated heterocycles. The fraction of sp³-hybridized carbons (Fsp3) is 0.0769. The van der Waals surface area contributed by atoms with Crippen LogP contribution in [-0.4, -0.2) is 33.0 Å². The van der Waals surface area contributed by atoms with Crippen LogP contribution in [0.15, 0.2) is 43.0 Å². The van der Waals surface area contributed by atoms with Crippen LogP contribution < -0.4 is 10.2 Å². The monoisotopic (exact) mass is 268 g/mol. The van der Waals surface area contributed by atoms with E-state index < -0.39 is 0 Å². The van der Waals surface area contributed by atoms with Crippen molar-refractivity contribution < 1.29 is 4.79 Å². The molecule has 0 spiro atoms. The third-order valence-electron chi connectivity index (χ3n) is 2.83. The second-order valence-corrected chi connectivity index (χ2v) is 4.17. The number of hydrogen-bond acceptors (Lipinski definition) is 4. The fourth-order valence-corrected chi connectivity index (χ4v) is 1.75. The van der Waals surface area contributed by atoms with Crippen molar-refractivity contribution in [3.63, 3.8) is 0 Å². The van der Waals surface area contributed by atoms with E-state index in [1.165, 1.54) is 11.1 Å². The number of anilines is 2. The lowest BCUT2D eigenvalue weighted by Crippen LogP contribution is -2.31. The van der Waals surface area contributed by atoms with Crippen LogP contribution in [0.1, 0.15) is 0 Å². The molecule has 3 rings (SSSR count). The van der Waals surface area contributed by atoms with Crippen molar-refractivity contribution in [3.8, 4) is 0 Å². The van der Waals surface area contributed by atoms with Crippen LogP contribution in [0.25, 0.3) is 11.2 Å². The van der Waals surface area contributed by atoms with Crippen molar-refractivity contribution in [3.05, 3.63) is 43.0 Å². The van der Waals surface area contributed by atoms with Gasteiger partial charge in [-0.15, -0.1) is 0 Å². The van der Waals surface area contributed by atoms with Crippen molar-refractivity contribution in [1.82, 2.24) is 19.9 Å². The van der Waals surface area contributed by atoms with Gasteiger partial charge in [-0.05, 0) is 18.2 Å². The van der Waals surface area contributed by atoms with Gasteiger partial charge in [0.05, 0.1) is 18.1 Å². The minimum atomic E-state index is -0.304. The van der Waals surface area contributed by atoms with Crippen molar-refractivity contribution in [2.24, 2.45) is 0 Å². The summed E-state index contributed by atoms with van der Waals surface area (Å²) in [6, 6.07) is 5.06. The first kappa shape index (κ1) is 12.1. The molecular formula is C13H12N6O. The van der Waals surface area contributed by atoms with Gasteiger partial charge in [-0.25, -0.2) is 14.8 Å². The topological polar surface area (TPSA) is 86.8 Å². The van der Waals surface area contributed by atoms with Gasteiger partial charge in [0, 0.05) is 19.4 Å². The van der Waals surface area contributed by atoms with Crippen molar-refractivity contribution in [2.75, 3.05) is 17.3 Å². The van der Waals surface area contributed by atoms with Gasteiger partial charge in [0.2, 0.25) is 0 Å². The van der Waals surface area contributed by atoms with Gasteiger partial charge in [0.25, 0.3) is 0 Å². The highest BCUT2D eigenvalue weighted by Crippen LogP contribution is 2.13. The Kier molecular flexibility index (Phi) is 3.00. The molecular weight excluding hydrogens is 256 g/mol. The predicted octanol–water partition coefficient (Wildman–Crippen LogP) is 2.02. The van der Waals surface area contributed by atoms with Crippen LogP contribution in [0.4, 0.5) is 16.3 Å². The van der Waals surface area contributed by atoms with Crippen LogP contribution >= 0.6 is 0 Å². The lowest BCUT2D eigenvalue weighted by atomic mass is 10.4. The zero-order chi connectivity index (χ0) is 13.9. The van der Waals surface area contributed by atoms with Crippen molar-refractivity contribution >= 4 is 28.7 Å². The predicted molar refractivity (Wildman–Crippen MR) is 75.5 cm³/mol. The highest BCUT2D eigenvalue weighted by Gasteiger charge is 2.12. The molecule has 0 fully saturated rings. The smallest absolute Gasteiger partial charge is 0.327 e. The summed E-state index contributed by atoms with van der Waals surface area (Å²) in [6.07, 6.45) is 6.52. The average Bonchev–Trinajstić information content (AvgIpc) is 2.95. The number of nitrogens with one attached hydrogen (secondary N) is 2. The maximum atomic E-state index is 12.1. The minimum absolute atomic E-state index is 0.304. The van der Waals surface area contributed by atoms with Gasteiger partial charge < -0.3 is 4.98 Å². The van der Waals surface area contributed by atoms with E-state index in [2.05, 4.69) is 25.3 Å². The Morgan fingerprint density at radius 2 is 2.25 bits per heavy atom. The van der Waals surface area contributed by atoms with Crippen LogP contribution in [-0.2, 0) is 0 Å². The third kappa shape index (κ3) is 2.28. The molecule has 0 bridgehead atoms. The average molecular weight is 268 g/mol. The number of pyridine rings is 1. The summed E-state index contributed by atoms with van der Waals surface area (Å²) in [6.45, 7) is 0. The molecule has 3 aromatic heterocycles. The Balaban J connectivity index is 1.78. The van der Waals surface area contributed by atoms with E-state index in [1.807, 2.05) is 0 Å². The number of aromatic nitrogens is 4. The Morgan fingerprint density at radius 1 is 1.35 bits per heavy atom. The third-order valence-corrected chi connectivity index (χ3v) is 2.83. The first-order valence-electron chi connectivity index (χ1n) is 5.99. The first-order valence-corrected chi connectivity index (χ1v) is 5.99. The lowest BCUT2D eigenvalue weighted by molar-refractivity contribution is 0.258. The molecule has 0 aromatic carbocycles. The molecule has 0 unspecified atom stereocenters. The fourth-order valence-electron chi connectivity index (χ4n) is 1.75. The number of aromatic amines is 1. The number of nitrogens with zero attached hydrogens (tertiary/aromatic N) is 4. The highest BCUT2D eigenvalue weighted by atomic mass is 16.2. The second-order valence-electron chi connectivity index (χ2n) is 4.17. The first-order chi connectivity index (χ1) is 9.74. The number of carbonyl (C=O) groups excluding carboxylic acids is 1. The zero-order valence-corrected chi connectivity index (χ0v) is 10.7. The molecule has 20 heavy (non-hydrogen) atoms. The van der Waals surface area contributed by atoms with Gasteiger partial charge in [-0.2, -0.15) is 0 Å². The summed E-state index contributed by atoms with van der Waals surface area (Å²) >= 11 is 0. The quantitative estimate of drug-likeness (QED) is 0.744. The lowest BCUT2D eigenvalue weighted by Gasteiger charge is -2.16. The van der Waals surface area contributed by atoms with Crippen LogP contribution in [0.3, 0.4) is 0 Å². The molecule has 0 radical (unpaired) electrons.